The first kappa shape index (κ1) is 13.4. The second-order valence-electron chi connectivity index (χ2n) is 4.75. The molecule has 96 valence electrons. The average molecular weight is 262 g/mol. The molecule has 2 rings (SSSR count). The summed E-state index contributed by atoms with van der Waals surface area (Å²) < 4.78 is 0. The molecule has 1 atom stereocenters. The first-order valence-electron chi connectivity index (χ1n) is 6.53. The Balaban J connectivity index is 2.25. The van der Waals surface area contributed by atoms with Crippen molar-refractivity contribution in [2.75, 3.05) is 13.1 Å². The fraction of sp³-hybridized carbons (Fsp3) is 0.375. The van der Waals surface area contributed by atoms with Crippen molar-refractivity contribution in [2.24, 2.45) is 0 Å². The quantitative estimate of drug-likeness (QED) is 0.726. The van der Waals surface area contributed by atoms with E-state index in [1.807, 2.05) is 6.92 Å². The van der Waals surface area contributed by atoms with Crippen molar-refractivity contribution in [3.8, 4) is 0 Å². The minimum atomic E-state index is 0.194. The predicted octanol–water partition coefficient (Wildman–Crippen LogP) is 4.29. The SMILES string of the molecule is CCN(Cc1cccc2ccccc12)C[C@@H](C)Cl. The van der Waals surface area contributed by atoms with Crippen LogP contribution in [0.3, 0.4) is 0 Å². The number of benzene rings is 2. The molecular weight excluding hydrogens is 242 g/mol. The third-order valence-electron chi connectivity index (χ3n) is 3.23. The molecule has 0 radical (unpaired) electrons. The molecule has 1 nitrogen and oxygen atoms in total. The van der Waals surface area contributed by atoms with Gasteiger partial charge in [0.05, 0.1) is 0 Å². The van der Waals surface area contributed by atoms with Gasteiger partial charge in [-0.1, -0.05) is 49.4 Å². The van der Waals surface area contributed by atoms with Gasteiger partial charge < -0.3 is 0 Å². The Morgan fingerprint density at radius 3 is 2.56 bits per heavy atom. The molecule has 2 aromatic carbocycles. The van der Waals surface area contributed by atoms with Crippen LogP contribution in [-0.2, 0) is 6.54 Å². The number of fused-ring (bicyclic) bond motifs is 1. The normalized spacial score (nSPS) is 13.1. The van der Waals surface area contributed by atoms with Gasteiger partial charge in [-0.3, -0.25) is 4.90 Å². The van der Waals surface area contributed by atoms with Crippen LogP contribution >= 0.6 is 11.6 Å². The van der Waals surface area contributed by atoms with Gasteiger partial charge in [-0.15, -0.1) is 11.6 Å². The standard InChI is InChI=1S/C16H20ClN/c1-3-18(11-13(2)17)12-15-9-6-8-14-7-4-5-10-16(14)15/h4-10,13H,3,11-12H2,1-2H3/t13-/m1/s1. The summed E-state index contributed by atoms with van der Waals surface area (Å²) in [5.74, 6) is 0. The molecule has 0 bridgehead atoms. The lowest BCUT2D eigenvalue weighted by molar-refractivity contribution is 0.284. The largest absolute Gasteiger partial charge is 0.298 e. The van der Waals surface area contributed by atoms with E-state index in [2.05, 4.69) is 54.3 Å². The molecule has 0 saturated heterocycles. The number of halogens is 1. The average Bonchev–Trinajstić information content (AvgIpc) is 2.38. The van der Waals surface area contributed by atoms with Crippen molar-refractivity contribution >= 4 is 22.4 Å². The highest BCUT2D eigenvalue weighted by Crippen LogP contribution is 2.20. The van der Waals surface area contributed by atoms with E-state index < -0.39 is 0 Å². The minimum Gasteiger partial charge on any atom is -0.298 e. The molecule has 0 heterocycles. The van der Waals surface area contributed by atoms with E-state index in [0.29, 0.717) is 0 Å². The molecule has 0 unspecified atom stereocenters. The summed E-state index contributed by atoms with van der Waals surface area (Å²) in [5.41, 5.74) is 1.38. The van der Waals surface area contributed by atoms with E-state index in [9.17, 15) is 0 Å². The van der Waals surface area contributed by atoms with Gasteiger partial charge in [-0.25, -0.2) is 0 Å². The molecule has 0 aromatic heterocycles. The van der Waals surface area contributed by atoms with E-state index in [4.69, 9.17) is 11.6 Å². The Labute approximate surface area is 114 Å². The van der Waals surface area contributed by atoms with Gasteiger partial charge in [-0.2, -0.15) is 0 Å². The number of alkyl halides is 1. The molecule has 0 fully saturated rings. The molecule has 2 aromatic rings. The Kier molecular flexibility index (Phi) is 4.62. The molecular formula is C16H20ClN. The van der Waals surface area contributed by atoms with Gasteiger partial charge in [0.25, 0.3) is 0 Å². The van der Waals surface area contributed by atoms with Gasteiger partial charge in [0.2, 0.25) is 0 Å². The summed E-state index contributed by atoms with van der Waals surface area (Å²) >= 11 is 6.09. The first-order valence-corrected chi connectivity index (χ1v) is 6.97. The van der Waals surface area contributed by atoms with Crippen LogP contribution in [0.15, 0.2) is 42.5 Å². The molecule has 0 saturated carbocycles. The fourth-order valence-electron chi connectivity index (χ4n) is 2.33. The van der Waals surface area contributed by atoms with Crippen molar-refractivity contribution < 1.29 is 0 Å². The maximum atomic E-state index is 6.09. The number of hydrogen-bond acceptors (Lipinski definition) is 1. The predicted molar refractivity (Wildman–Crippen MR) is 80.2 cm³/mol. The Bertz CT molecular complexity index is 502. The Morgan fingerprint density at radius 2 is 1.83 bits per heavy atom. The van der Waals surface area contributed by atoms with Gasteiger partial charge in [0.15, 0.2) is 0 Å². The van der Waals surface area contributed by atoms with Crippen LogP contribution in [0, 0.1) is 0 Å². The topological polar surface area (TPSA) is 3.24 Å². The highest BCUT2D eigenvalue weighted by molar-refractivity contribution is 6.20. The summed E-state index contributed by atoms with van der Waals surface area (Å²) in [6.45, 7) is 7.16. The second-order valence-corrected chi connectivity index (χ2v) is 5.49. The lowest BCUT2D eigenvalue weighted by Gasteiger charge is -2.22. The molecule has 18 heavy (non-hydrogen) atoms. The van der Waals surface area contributed by atoms with Gasteiger partial charge in [0.1, 0.15) is 0 Å². The van der Waals surface area contributed by atoms with Crippen LogP contribution in [-0.4, -0.2) is 23.4 Å². The number of nitrogens with zero attached hydrogens (tertiary/aromatic N) is 1. The van der Waals surface area contributed by atoms with Crippen molar-refractivity contribution in [1.82, 2.24) is 4.90 Å². The van der Waals surface area contributed by atoms with Crippen LogP contribution in [0.4, 0.5) is 0 Å². The summed E-state index contributed by atoms with van der Waals surface area (Å²) in [6.07, 6.45) is 0. The van der Waals surface area contributed by atoms with Crippen LogP contribution in [0.25, 0.3) is 10.8 Å². The summed E-state index contributed by atoms with van der Waals surface area (Å²) in [5, 5.41) is 2.85. The molecule has 2 heteroatoms. The molecule has 0 N–H and O–H groups in total. The smallest absolute Gasteiger partial charge is 0.0435 e. The van der Waals surface area contributed by atoms with E-state index in [0.717, 1.165) is 19.6 Å². The van der Waals surface area contributed by atoms with Gasteiger partial charge in [-0.05, 0) is 29.8 Å². The van der Waals surface area contributed by atoms with Crippen molar-refractivity contribution in [2.45, 2.75) is 25.8 Å². The molecule has 0 aliphatic rings. The van der Waals surface area contributed by atoms with Crippen LogP contribution in [0.2, 0.25) is 0 Å². The zero-order chi connectivity index (χ0) is 13.0. The van der Waals surface area contributed by atoms with Crippen LogP contribution in [0.1, 0.15) is 19.4 Å². The fourth-order valence-corrected chi connectivity index (χ4v) is 2.53. The maximum absolute atomic E-state index is 6.09. The highest BCUT2D eigenvalue weighted by Gasteiger charge is 2.08. The van der Waals surface area contributed by atoms with Crippen molar-refractivity contribution in [1.29, 1.82) is 0 Å². The van der Waals surface area contributed by atoms with Crippen molar-refractivity contribution in [3.05, 3.63) is 48.0 Å². The van der Waals surface area contributed by atoms with E-state index in [1.165, 1.54) is 16.3 Å². The first-order chi connectivity index (χ1) is 8.70. The van der Waals surface area contributed by atoms with Gasteiger partial charge >= 0.3 is 0 Å². The monoisotopic (exact) mass is 261 g/mol. The molecule has 0 spiro atoms. The molecule has 0 aliphatic carbocycles. The lowest BCUT2D eigenvalue weighted by Crippen LogP contribution is -2.28. The summed E-state index contributed by atoms with van der Waals surface area (Å²) in [4.78, 5) is 2.39. The summed E-state index contributed by atoms with van der Waals surface area (Å²) in [6, 6.07) is 15.1. The van der Waals surface area contributed by atoms with Gasteiger partial charge in [0, 0.05) is 18.5 Å². The third-order valence-corrected chi connectivity index (χ3v) is 3.37. The number of hydrogen-bond donors (Lipinski definition) is 0. The molecule has 0 aliphatic heterocycles. The van der Waals surface area contributed by atoms with E-state index in [1.54, 1.807) is 0 Å². The number of rotatable bonds is 5. The van der Waals surface area contributed by atoms with E-state index in [-0.39, 0.29) is 5.38 Å². The zero-order valence-corrected chi connectivity index (χ0v) is 11.8. The third kappa shape index (κ3) is 3.24. The second kappa shape index (κ2) is 6.21. The summed E-state index contributed by atoms with van der Waals surface area (Å²) in [7, 11) is 0. The minimum absolute atomic E-state index is 0.194. The van der Waals surface area contributed by atoms with Crippen LogP contribution in [0.5, 0.6) is 0 Å². The molecule has 0 amide bonds. The van der Waals surface area contributed by atoms with E-state index >= 15 is 0 Å². The maximum Gasteiger partial charge on any atom is 0.0435 e. The highest BCUT2D eigenvalue weighted by atomic mass is 35.5. The lowest BCUT2D eigenvalue weighted by atomic mass is 10.0. The zero-order valence-electron chi connectivity index (χ0n) is 11.1. The van der Waals surface area contributed by atoms with Crippen molar-refractivity contribution in [3.63, 3.8) is 0 Å². The Hall–Kier alpha value is -1.05. The Morgan fingerprint density at radius 1 is 1.11 bits per heavy atom. The van der Waals surface area contributed by atoms with Crippen LogP contribution < -0.4 is 0 Å².